The van der Waals surface area contributed by atoms with Crippen LogP contribution in [0.2, 0.25) is 5.02 Å². The second kappa shape index (κ2) is 9.48. The van der Waals surface area contributed by atoms with Gasteiger partial charge in [0.1, 0.15) is 0 Å². The second-order valence-corrected chi connectivity index (χ2v) is 9.77. The van der Waals surface area contributed by atoms with E-state index >= 15 is 0 Å². The van der Waals surface area contributed by atoms with Gasteiger partial charge in [0.05, 0.1) is 6.54 Å². The number of carbonyl (C=O) groups excluding carboxylic acids is 2. The van der Waals surface area contributed by atoms with Gasteiger partial charge in [-0.3, -0.25) is 14.5 Å². The highest BCUT2D eigenvalue weighted by atomic mass is 35.5. The summed E-state index contributed by atoms with van der Waals surface area (Å²) in [5.74, 6) is 0.266. The molecule has 6 heteroatoms. The molecule has 3 rings (SSSR count). The Bertz CT molecular complexity index is 728. The van der Waals surface area contributed by atoms with Crippen LogP contribution in [0.5, 0.6) is 0 Å². The van der Waals surface area contributed by atoms with Gasteiger partial charge in [0.15, 0.2) is 0 Å². The van der Waals surface area contributed by atoms with E-state index in [4.69, 9.17) is 11.6 Å². The number of likely N-dealkylation sites (tertiary alicyclic amines) is 1. The molecular formula is C23H36ClN3O2. The molecule has 1 aliphatic carbocycles. The molecule has 0 bridgehead atoms. The van der Waals surface area contributed by atoms with Crippen LogP contribution in [0.25, 0.3) is 0 Å². The summed E-state index contributed by atoms with van der Waals surface area (Å²) in [4.78, 5) is 26.5. The first-order valence-corrected chi connectivity index (χ1v) is 11.0. The lowest BCUT2D eigenvalue weighted by Crippen LogP contribution is -2.65. The third-order valence-corrected chi connectivity index (χ3v) is 5.74. The fourth-order valence-corrected chi connectivity index (χ4v) is 4.53. The lowest BCUT2D eigenvalue weighted by Gasteiger charge is -2.58. The smallest absolute Gasteiger partial charge is 0.234 e. The van der Waals surface area contributed by atoms with Crippen LogP contribution in [-0.2, 0) is 16.1 Å². The van der Waals surface area contributed by atoms with Gasteiger partial charge in [-0.2, -0.15) is 0 Å². The molecule has 1 aliphatic heterocycles. The minimum absolute atomic E-state index is 0.0703. The zero-order valence-electron chi connectivity index (χ0n) is 18.7. The quantitative estimate of drug-likeness (QED) is 0.757. The van der Waals surface area contributed by atoms with Gasteiger partial charge in [-0.1, -0.05) is 37.6 Å². The van der Waals surface area contributed by atoms with Crippen LogP contribution in [0.3, 0.4) is 0 Å². The first kappa shape index (κ1) is 23.7. The van der Waals surface area contributed by atoms with Crippen molar-refractivity contribution in [1.82, 2.24) is 15.5 Å². The summed E-state index contributed by atoms with van der Waals surface area (Å²) in [6.07, 6.45) is 1.83. The van der Waals surface area contributed by atoms with Crippen LogP contribution in [0.4, 0.5) is 0 Å². The lowest BCUT2D eigenvalue weighted by molar-refractivity contribution is -0.148. The van der Waals surface area contributed by atoms with Crippen LogP contribution >= 0.6 is 11.6 Å². The predicted molar refractivity (Wildman–Crippen MR) is 119 cm³/mol. The standard InChI is InChI=1S/C21H30ClN3O2.C2H6/c1-14-5-6-15(17(22)7-14)10-23-19(27)16-8-21(9-16)12-25(13-21)11-18(26)24-20(2,3)4;1-2/h5-7,16H,8-13H2,1-4H3,(H,23,27)(H,24,26);1-2H3. The van der Waals surface area contributed by atoms with Gasteiger partial charge in [0.25, 0.3) is 0 Å². The van der Waals surface area contributed by atoms with E-state index in [2.05, 4.69) is 15.5 Å². The molecule has 162 valence electrons. The first-order valence-electron chi connectivity index (χ1n) is 10.6. The summed E-state index contributed by atoms with van der Waals surface area (Å²) in [6.45, 7) is 14.7. The van der Waals surface area contributed by atoms with Crippen molar-refractivity contribution in [2.45, 2.75) is 66.5 Å². The van der Waals surface area contributed by atoms with Crippen molar-refractivity contribution in [3.63, 3.8) is 0 Å². The third kappa shape index (κ3) is 6.45. The first-order chi connectivity index (χ1) is 13.6. The topological polar surface area (TPSA) is 61.4 Å². The Balaban J connectivity index is 0.00000145. The third-order valence-electron chi connectivity index (χ3n) is 5.39. The number of hydrogen-bond donors (Lipinski definition) is 2. The minimum atomic E-state index is -0.195. The summed E-state index contributed by atoms with van der Waals surface area (Å²) >= 11 is 6.23. The van der Waals surface area contributed by atoms with E-state index in [1.807, 2.05) is 59.7 Å². The fraction of sp³-hybridized carbons (Fsp3) is 0.652. The number of aryl methyl sites for hydroxylation is 1. The van der Waals surface area contributed by atoms with Gasteiger partial charge in [0, 0.05) is 36.1 Å². The van der Waals surface area contributed by atoms with Gasteiger partial charge in [-0.05, 0) is 63.1 Å². The number of rotatable bonds is 5. The zero-order valence-corrected chi connectivity index (χ0v) is 19.4. The molecule has 2 N–H and O–H groups in total. The van der Waals surface area contributed by atoms with Crippen LogP contribution in [0.15, 0.2) is 18.2 Å². The highest BCUT2D eigenvalue weighted by molar-refractivity contribution is 6.31. The molecule has 0 atom stereocenters. The van der Waals surface area contributed by atoms with Crippen LogP contribution in [0.1, 0.15) is 58.6 Å². The van der Waals surface area contributed by atoms with Gasteiger partial charge in [-0.15, -0.1) is 0 Å². The van der Waals surface area contributed by atoms with Crippen LogP contribution in [-0.4, -0.2) is 41.9 Å². The van der Waals surface area contributed by atoms with E-state index in [0.717, 1.165) is 37.1 Å². The number of benzene rings is 1. The molecule has 0 radical (unpaired) electrons. The highest BCUT2D eigenvalue weighted by Gasteiger charge is 2.54. The summed E-state index contributed by atoms with van der Waals surface area (Å²) in [5, 5.41) is 6.71. The Morgan fingerprint density at radius 3 is 2.38 bits per heavy atom. The number of nitrogens with one attached hydrogen (secondary N) is 2. The van der Waals surface area contributed by atoms with Crippen molar-refractivity contribution < 1.29 is 9.59 Å². The average Bonchev–Trinajstić information content (AvgIpc) is 2.55. The van der Waals surface area contributed by atoms with E-state index in [0.29, 0.717) is 18.1 Å². The SMILES string of the molecule is CC.Cc1ccc(CNC(=O)C2CC3(C2)CN(CC(=O)NC(C)(C)C)C3)c(Cl)c1. The molecule has 1 aromatic rings. The lowest BCUT2D eigenvalue weighted by atomic mass is 9.57. The molecule has 0 unspecified atom stereocenters. The molecule has 0 aromatic heterocycles. The molecule has 1 heterocycles. The normalized spacial score (nSPS) is 18.2. The Kier molecular flexibility index (Phi) is 7.74. The molecule has 2 aliphatic rings. The van der Waals surface area contributed by atoms with Gasteiger partial charge < -0.3 is 10.6 Å². The number of hydrogen-bond acceptors (Lipinski definition) is 3. The molecule has 1 saturated heterocycles. The molecule has 1 spiro atoms. The van der Waals surface area contributed by atoms with Gasteiger partial charge in [-0.25, -0.2) is 0 Å². The van der Waals surface area contributed by atoms with E-state index in [9.17, 15) is 9.59 Å². The molecule has 1 aromatic carbocycles. The van der Waals surface area contributed by atoms with Crippen molar-refractivity contribution in [3.05, 3.63) is 34.3 Å². The summed E-state index contributed by atoms with van der Waals surface area (Å²) in [5.41, 5.74) is 2.11. The van der Waals surface area contributed by atoms with Crippen LogP contribution < -0.4 is 10.6 Å². The maximum atomic E-state index is 12.4. The van der Waals surface area contributed by atoms with Gasteiger partial charge in [0.2, 0.25) is 11.8 Å². The molecule has 1 saturated carbocycles. The molecule has 29 heavy (non-hydrogen) atoms. The van der Waals surface area contributed by atoms with Crippen LogP contribution in [0, 0.1) is 18.3 Å². The van der Waals surface area contributed by atoms with Crippen molar-refractivity contribution in [2.75, 3.05) is 19.6 Å². The predicted octanol–water partition coefficient (Wildman–Crippen LogP) is 3.92. The number of amides is 2. The van der Waals surface area contributed by atoms with Gasteiger partial charge >= 0.3 is 0 Å². The number of halogens is 1. The summed E-state index contributed by atoms with van der Waals surface area (Å²) in [7, 11) is 0. The number of carbonyl (C=O) groups is 2. The van der Waals surface area contributed by atoms with Crippen molar-refractivity contribution in [2.24, 2.45) is 11.3 Å². The Hall–Kier alpha value is -1.59. The Morgan fingerprint density at radius 2 is 1.83 bits per heavy atom. The monoisotopic (exact) mass is 421 g/mol. The minimum Gasteiger partial charge on any atom is -0.352 e. The van der Waals surface area contributed by atoms with Crippen molar-refractivity contribution in [3.8, 4) is 0 Å². The summed E-state index contributed by atoms with van der Waals surface area (Å²) in [6, 6.07) is 5.89. The summed E-state index contributed by atoms with van der Waals surface area (Å²) < 4.78 is 0. The number of nitrogens with zero attached hydrogens (tertiary/aromatic N) is 1. The van der Waals surface area contributed by atoms with E-state index < -0.39 is 0 Å². The molecule has 2 amide bonds. The largest absolute Gasteiger partial charge is 0.352 e. The fourth-order valence-electron chi connectivity index (χ4n) is 4.23. The molecule has 5 nitrogen and oxygen atoms in total. The maximum Gasteiger partial charge on any atom is 0.234 e. The Labute approximate surface area is 180 Å². The van der Waals surface area contributed by atoms with E-state index in [1.165, 1.54) is 0 Å². The molecular weight excluding hydrogens is 386 g/mol. The molecule has 2 fully saturated rings. The second-order valence-electron chi connectivity index (χ2n) is 9.36. The van der Waals surface area contributed by atoms with E-state index in [1.54, 1.807) is 0 Å². The van der Waals surface area contributed by atoms with Crippen molar-refractivity contribution >= 4 is 23.4 Å². The van der Waals surface area contributed by atoms with Crippen molar-refractivity contribution in [1.29, 1.82) is 0 Å². The maximum absolute atomic E-state index is 12.4. The zero-order chi connectivity index (χ0) is 21.8. The Morgan fingerprint density at radius 1 is 1.21 bits per heavy atom. The highest BCUT2D eigenvalue weighted by Crippen LogP contribution is 2.51. The average molecular weight is 422 g/mol. The van der Waals surface area contributed by atoms with E-state index in [-0.39, 0.29) is 28.7 Å².